The number of fused-ring (bicyclic) bond motifs is 3. The van der Waals surface area contributed by atoms with Crippen molar-refractivity contribution in [3.8, 4) is 11.1 Å². The van der Waals surface area contributed by atoms with Crippen LogP contribution in [0.2, 0.25) is 0 Å². The molecule has 0 amide bonds. The molecule has 0 heterocycles. The first-order valence-electron chi connectivity index (χ1n) is 11.3. The van der Waals surface area contributed by atoms with Gasteiger partial charge in [-0.15, -0.1) is 0 Å². The summed E-state index contributed by atoms with van der Waals surface area (Å²) in [5.41, 5.74) is 3.18. The molecule has 0 unspecified atom stereocenters. The second-order valence-corrected chi connectivity index (χ2v) is 12.4. The van der Waals surface area contributed by atoms with Crippen molar-refractivity contribution in [2.75, 3.05) is 22.7 Å². The number of para-hydroxylation sites is 2. The quantitative estimate of drug-likeness (QED) is 0.255. The van der Waals surface area contributed by atoms with E-state index in [0.717, 1.165) is 0 Å². The van der Waals surface area contributed by atoms with Gasteiger partial charge in [-0.1, -0.05) is 53.7 Å². The molecule has 0 fully saturated rings. The van der Waals surface area contributed by atoms with Crippen molar-refractivity contribution in [2.24, 2.45) is 5.16 Å². The minimum absolute atomic E-state index is 0.0169. The maximum atomic E-state index is 13.3. The molecule has 4 aromatic carbocycles. The highest BCUT2D eigenvalue weighted by molar-refractivity contribution is 7.93. The van der Waals surface area contributed by atoms with Crippen LogP contribution in [0, 0.1) is 0 Å². The summed E-state index contributed by atoms with van der Waals surface area (Å²) >= 11 is 0. The SMILES string of the molecule is CN(c1ccccc1)S(=O)(=O)c1ccc2c(c1)C(=NO)c1cc(S(=O)(=O)N(C)c3ccccc3)ccc1-2. The number of anilines is 2. The number of rotatable bonds is 6. The minimum atomic E-state index is -3.91. The third-order valence-corrected chi connectivity index (χ3v) is 10.0. The van der Waals surface area contributed by atoms with Crippen LogP contribution in [0.25, 0.3) is 11.1 Å². The Morgan fingerprint density at radius 3 is 1.30 bits per heavy atom. The number of hydrogen-bond donors (Lipinski definition) is 1. The Morgan fingerprint density at radius 1 is 0.568 bits per heavy atom. The van der Waals surface area contributed by atoms with Gasteiger partial charge in [-0.3, -0.25) is 8.61 Å². The van der Waals surface area contributed by atoms with E-state index in [0.29, 0.717) is 33.6 Å². The zero-order valence-electron chi connectivity index (χ0n) is 20.0. The van der Waals surface area contributed by atoms with Crippen molar-refractivity contribution in [3.63, 3.8) is 0 Å². The topological polar surface area (TPSA) is 107 Å². The van der Waals surface area contributed by atoms with E-state index >= 15 is 0 Å². The third-order valence-electron chi connectivity index (χ3n) is 6.44. The average molecular weight is 534 g/mol. The zero-order valence-corrected chi connectivity index (χ0v) is 21.6. The molecule has 5 rings (SSSR count). The number of benzene rings is 4. The molecular weight excluding hydrogens is 510 g/mol. The van der Waals surface area contributed by atoms with Crippen LogP contribution in [0.15, 0.2) is 112 Å². The van der Waals surface area contributed by atoms with Crippen molar-refractivity contribution >= 4 is 37.1 Å². The molecule has 1 aliphatic rings. The smallest absolute Gasteiger partial charge is 0.264 e. The normalized spacial score (nSPS) is 12.5. The Kier molecular flexibility index (Phi) is 6.01. The fraction of sp³-hybridized carbons (Fsp3) is 0.0741. The summed E-state index contributed by atoms with van der Waals surface area (Å²) in [7, 11) is -4.89. The lowest BCUT2D eigenvalue weighted by atomic mass is 10.1. The van der Waals surface area contributed by atoms with E-state index in [1.54, 1.807) is 72.8 Å². The molecule has 0 saturated carbocycles. The van der Waals surface area contributed by atoms with E-state index in [-0.39, 0.29) is 15.5 Å². The van der Waals surface area contributed by atoms with Gasteiger partial charge >= 0.3 is 0 Å². The highest BCUT2D eigenvalue weighted by atomic mass is 32.2. The van der Waals surface area contributed by atoms with E-state index in [9.17, 15) is 22.0 Å². The molecule has 188 valence electrons. The monoisotopic (exact) mass is 533 g/mol. The zero-order chi connectivity index (χ0) is 26.4. The Hall–Kier alpha value is -4.15. The minimum Gasteiger partial charge on any atom is -0.410 e. The van der Waals surface area contributed by atoms with Gasteiger partial charge in [0.15, 0.2) is 0 Å². The Bertz CT molecular complexity index is 1610. The van der Waals surface area contributed by atoms with Crippen LogP contribution in [-0.4, -0.2) is 41.8 Å². The standard InChI is InChI=1S/C27H23N3O5S2/c1-29(19-9-5-3-6-10-19)36(32,33)21-13-15-23-24-16-14-22(18-26(24)27(28-31)25(23)17-21)37(34,35)30(2)20-11-7-4-8-12-20/h3-18,31H,1-2H3. The number of nitrogens with zero attached hydrogens (tertiary/aromatic N) is 3. The van der Waals surface area contributed by atoms with Gasteiger partial charge in [0, 0.05) is 25.2 Å². The molecule has 0 spiro atoms. The third kappa shape index (κ3) is 4.04. The summed E-state index contributed by atoms with van der Waals surface area (Å²) in [5, 5.41) is 13.3. The lowest BCUT2D eigenvalue weighted by molar-refractivity contribution is 0.320. The van der Waals surface area contributed by atoms with Crippen molar-refractivity contribution in [1.29, 1.82) is 0 Å². The predicted octanol–water partition coefficient (Wildman–Crippen LogP) is 4.54. The molecule has 10 heteroatoms. The molecule has 0 radical (unpaired) electrons. The first-order valence-corrected chi connectivity index (χ1v) is 14.1. The van der Waals surface area contributed by atoms with Crippen LogP contribution < -0.4 is 8.61 Å². The van der Waals surface area contributed by atoms with Crippen LogP contribution in [0.4, 0.5) is 11.4 Å². The molecule has 0 bridgehead atoms. The molecule has 0 aromatic heterocycles. The number of sulfonamides is 2. The van der Waals surface area contributed by atoms with Crippen LogP contribution >= 0.6 is 0 Å². The fourth-order valence-electron chi connectivity index (χ4n) is 4.35. The maximum absolute atomic E-state index is 13.3. The van der Waals surface area contributed by atoms with Crippen LogP contribution in [0.3, 0.4) is 0 Å². The van der Waals surface area contributed by atoms with Gasteiger partial charge in [-0.2, -0.15) is 0 Å². The molecule has 0 saturated heterocycles. The lowest BCUT2D eigenvalue weighted by Gasteiger charge is -2.20. The number of oxime groups is 1. The van der Waals surface area contributed by atoms with Gasteiger partial charge in [-0.05, 0) is 59.7 Å². The molecule has 8 nitrogen and oxygen atoms in total. The maximum Gasteiger partial charge on any atom is 0.264 e. The van der Waals surface area contributed by atoms with Crippen molar-refractivity contribution < 1.29 is 22.0 Å². The Morgan fingerprint density at radius 2 is 0.946 bits per heavy atom. The van der Waals surface area contributed by atoms with Crippen molar-refractivity contribution in [1.82, 2.24) is 0 Å². The van der Waals surface area contributed by atoms with Gasteiger partial charge in [-0.25, -0.2) is 16.8 Å². The van der Waals surface area contributed by atoms with E-state index in [2.05, 4.69) is 5.16 Å². The largest absolute Gasteiger partial charge is 0.410 e. The van der Waals surface area contributed by atoms with E-state index in [1.165, 1.54) is 47.0 Å². The van der Waals surface area contributed by atoms with Crippen molar-refractivity contribution in [3.05, 3.63) is 108 Å². The van der Waals surface area contributed by atoms with E-state index in [4.69, 9.17) is 0 Å². The van der Waals surface area contributed by atoms with Gasteiger partial charge in [0.1, 0.15) is 5.71 Å². The van der Waals surface area contributed by atoms with E-state index < -0.39 is 20.0 Å². The predicted molar refractivity (Wildman–Crippen MR) is 143 cm³/mol. The Labute approximate surface area is 215 Å². The highest BCUT2D eigenvalue weighted by Gasteiger charge is 2.31. The van der Waals surface area contributed by atoms with Gasteiger partial charge < -0.3 is 5.21 Å². The second-order valence-electron chi connectivity index (χ2n) is 8.48. The number of hydrogen-bond acceptors (Lipinski definition) is 6. The fourth-order valence-corrected chi connectivity index (χ4v) is 6.80. The molecule has 0 atom stereocenters. The van der Waals surface area contributed by atoms with Crippen LogP contribution in [0.5, 0.6) is 0 Å². The lowest BCUT2D eigenvalue weighted by Crippen LogP contribution is -2.26. The molecule has 1 N–H and O–H groups in total. The van der Waals surface area contributed by atoms with Gasteiger partial charge in [0.05, 0.1) is 21.2 Å². The summed E-state index contributed by atoms with van der Waals surface area (Å²) < 4.78 is 55.7. The molecule has 1 aliphatic carbocycles. The summed E-state index contributed by atoms with van der Waals surface area (Å²) in [6, 6.07) is 26.5. The second kappa shape index (κ2) is 9.06. The summed E-state index contributed by atoms with van der Waals surface area (Å²) in [5.74, 6) is 0. The first-order chi connectivity index (χ1) is 17.7. The highest BCUT2D eigenvalue weighted by Crippen LogP contribution is 2.40. The molecule has 0 aliphatic heterocycles. The van der Waals surface area contributed by atoms with E-state index in [1.807, 2.05) is 0 Å². The molecule has 4 aromatic rings. The summed E-state index contributed by atoms with van der Waals surface area (Å²) in [4.78, 5) is 0.0337. The van der Waals surface area contributed by atoms with Crippen LogP contribution in [-0.2, 0) is 20.0 Å². The van der Waals surface area contributed by atoms with Gasteiger partial charge in [0.2, 0.25) is 0 Å². The Balaban J connectivity index is 1.55. The first kappa shape index (κ1) is 24.5. The molecule has 37 heavy (non-hydrogen) atoms. The van der Waals surface area contributed by atoms with Crippen molar-refractivity contribution in [2.45, 2.75) is 9.79 Å². The summed E-state index contributed by atoms with van der Waals surface area (Å²) in [6.07, 6.45) is 0. The van der Waals surface area contributed by atoms with Crippen LogP contribution in [0.1, 0.15) is 11.1 Å². The summed E-state index contributed by atoms with van der Waals surface area (Å²) in [6.45, 7) is 0. The molecular formula is C27H23N3O5S2. The van der Waals surface area contributed by atoms with Gasteiger partial charge in [0.25, 0.3) is 20.0 Å². The average Bonchev–Trinajstić information content (AvgIpc) is 3.25.